The maximum atomic E-state index is 5.83. The van der Waals surface area contributed by atoms with Crippen LogP contribution in [0.3, 0.4) is 0 Å². The van der Waals surface area contributed by atoms with Gasteiger partial charge in [0.1, 0.15) is 0 Å². The number of hydrogen-bond acceptors (Lipinski definition) is 3. The van der Waals surface area contributed by atoms with Crippen LogP contribution in [0.15, 0.2) is 12.5 Å². The van der Waals surface area contributed by atoms with Gasteiger partial charge in [-0.15, -0.1) is 0 Å². The third kappa shape index (κ3) is 2.48. The molecule has 0 aliphatic rings. The Kier molecular flexibility index (Phi) is 3.81. The van der Waals surface area contributed by atoms with Crippen LogP contribution in [0.25, 0.3) is 0 Å². The number of thioether (sulfide) groups is 1. The van der Waals surface area contributed by atoms with E-state index in [4.69, 9.17) is 5.73 Å². The van der Waals surface area contributed by atoms with Crippen LogP contribution in [0.4, 0.5) is 0 Å². The average molecular weight is 199 g/mol. The predicted octanol–water partition coefficient (Wildman–Crippen LogP) is 1.83. The molecule has 4 heteroatoms. The molecule has 0 fully saturated rings. The smallest absolute Gasteiger partial charge is 0.0951 e. The van der Waals surface area contributed by atoms with E-state index in [1.54, 1.807) is 0 Å². The first-order valence-corrected chi connectivity index (χ1v) is 5.82. The van der Waals surface area contributed by atoms with Gasteiger partial charge < -0.3 is 10.3 Å². The Morgan fingerprint density at radius 2 is 2.31 bits per heavy atom. The van der Waals surface area contributed by atoms with Crippen LogP contribution in [0, 0.1) is 0 Å². The van der Waals surface area contributed by atoms with E-state index in [2.05, 4.69) is 22.7 Å². The molecule has 0 amide bonds. The van der Waals surface area contributed by atoms with Gasteiger partial charge >= 0.3 is 0 Å². The van der Waals surface area contributed by atoms with Crippen LogP contribution in [0.5, 0.6) is 0 Å². The molecule has 0 aromatic carbocycles. The van der Waals surface area contributed by atoms with Crippen molar-refractivity contribution in [2.45, 2.75) is 25.9 Å². The highest BCUT2D eigenvalue weighted by Gasteiger charge is 2.11. The summed E-state index contributed by atoms with van der Waals surface area (Å²) in [4.78, 5) is 4.12. The molecule has 2 N–H and O–H groups in total. The lowest BCUT2D eigenvalue weighted by Gasteiger charge is -2.17. The monoisotopic (exact) mass is 199 g/mol. The molecule has 0 bridgehead atoms. The van der Waals surface area contributed by atoms with Crippen LogP contribution in [-0.2, 0) is 0 Å². The molecule has 74 valence electrons. The zero-order valence-corrected chi connectivity index (χ0v) is 9.21. The van der Waals surface area contributed by atoms with Crippen molar-refractivity contribution in [3.63, 3.8) is 0 Å². The number of aromatic nitrogens is 2. The normalized spacial score (nSPS) is 15.7. The van der Waals surface area contributed by atoms with E-state index in [0.717, 1.165) is 11.4 Å². The van der Waals surface area contributed by atoms with Gasteiger partial charge in [0.2, 0.25) is 0 Å². The zero-order chi connectivity index (χ0) is 9.84. The van der Waals surface area contributed by atoms with Gasteiger partial charge in [0, 0.05) is 24.0 Å². The number of hydrogen-bond donors (Lipinski definition) is 1. The Morgan fingerprint density at radius 1 is 1.62 bits per heavy atom. The maximum Gasteiger partial charge on any atom is 0.0951 e. The van der Waals surface area contributed by atoms with E-state index in [9.17, 15) is 0 Å². The fourth-order valence-corrected chi connectivity index (χ4v) is 2.00. The highest BCUT2D eigenvalue weighted by atomic mass is 32.2. The first kappa shape index (κ1) is 10.6. The highest BCUT2D eigenvalue weighted by molar-refractivity contribution is 7.98. The fraction of sp³-hybridized carbons (Fsp3) is 0.667. The van der Waals surface area contributed by atoms with Gasteiger partial charge in [0.25, 0.3) is 0 Å². The van der Waals surface area contributed by atoms with Crippen molar-refractivity contribution in [3.05, 3.63) is 18.2 Å². The summed E-state index contributed by atoms with van der Waals surface area (Å²) in [6.45, 7) is 4.17. The molecular formula is C9H17N3S. The van der Waals surface area contributed by atoms with Gasteiger partial charge in [-0.2, -0.15) is 11.8 Å². The van der Waals surface area contributed by atoms with Crippen LogP contribution in [-0.4, -0.2) is 21.6 Å². The number of rotatable bonds is 4. The summed E-state index contributed by atoms with van der Waals surface area (Å²) in [5.74, 6) is 1.09. The predicted molar refractivity (Wildman–Crippen MR) is 57.9 cm³/mol. The van der Waals surface area contributed by atoms with Crippen LogP contribution < -0.4 is 5.73 Å². The van der Waals surface area contributed by atoms with E-state index in [0.29, 0.717) is 6.04 Å². The Morgan fingerprint density at radius 3 is 2.85 bits per heavy atom. The molecule has 1 heterocycles. The standard InChI is InChI=1S/C9H17N3S/c1-7(5-13-3)12-6-11-4-9(12)8(2)10/h4,6-8H,5,10H2,1-3H3. The number of nitrogens with zero attached hydrogens (tertiary/aromatic N) is 2. The topological polar surface area (TPSA) is 43.8 Å². The van der Waals surface area contributed by atoms with Crippen LogP contribution in [0.1, 0.15) is 31.6 Å². The highest BCUT2D eigenvalue weighted by Crippen LogP contribution is 2.17. The second-order valence-corrected chi connectivity index (χ2v) is 4.23. The van der Waals surface area contributed by atoms with Gasteiger partial charge in [-0.25, -0.2) is 4.98 Å². The van der Waals surface area contributed by atoms with Crippen molar-refractivity contribution in [2.75, 3.05) is 12.0 Å². The third-order valence-electron chi connectivity index (χ3n) is 2.05. The first-order chi connectivity index (χ1) is 6.16. The number of imidazole rings is 1. The van der Waals surface area contributed by atoms with Gasteiger partial charge in [-0.05, 0) is 20.1 Å². The summed E-state index contributed by atoms with van der Waals surface area (Å²) in [6, 6.07) is 0.533. The van der Waals surface area contributed by atoms with Crippen molar-refractivity contribution < 1.29 is 0 Å². The SMILES string of the molecule is CSCC(C)n1cncc1C(C)N. The molecule has 1 rings (SSSR count). The molecule has 0 saturated heterocycles. The molecule has 2 atom stereocenters. The Bertz CT molecular complexity index is 257. The summed E-state index contributed by atoms with van der Waals surface area (Å²) < 4.78 is 2.15. The lowest BCUT2D eigenvalue weighted by atomic mass is 10.2. The molecule has 0 spiro atoms. The zero-order valence-electron chi connectivity index (χ0n) is 8.40. The molecule has 2 unspecified atom stereocenters. The maximum absolute atomic E-state index is 5.83. The van der Waals surface area contributed by atoms with Gasteiger partial charge in [0.15, 0.2) is 0 Å². The Balaban J connectivity index is 2.80. The molecule has 13 heavy (non-hydrogen) atoms. The van der Waals surface area contributed by atoms with Gasteiger partial charge in [-0.3, -0.25) is 0 Å². The van der Waals surface area contributed by atoms with Crippen LogP contribution >= 0.6 is 11.8 Å². The molecular weight excluding hydrogens is 182 g/mol. The molecule has 0 saturated carbocycles. The second kappa shape index (κ2) is 4.67. The lowest BCUT2D eigenvalue weighted by Crippen LogP contribution is -2.15. The first-order valence-electron chi connectivity index (χ1n) is 4.43. The minimum atomic E-state index is 0.0619. The average Bonchev–Trinajstić information content (AvgIpc) is 2.52. The summed E-state index contributed by atoms with van der Waals surface area (Å²) in [7, 11) is 0. The third-order valence-corrected chi connectivity index (χ3v) is 2.86. The largest absolute Gasteiger partial charge is 0.330 e. The fourth-order valence-electron chi connectivity index (χ4n) is 1.36. The van der Waals surface area contributed by atoms with Crippen molar-refractivity contribution in [1.29, 1.82) is 0 Å². The summed E-state index contributed by atoms with van der Waals surface area (Å²) in [5, 5.41) is 0. The van der Waals surface area contributed by atoms with E-state index in [1.165, 1.54) is 0 Å². The Labute approximate surface area is 83.7 Å². The summed E-state index contributed by atoms with van der Waals surface area (Å²) in [5.41, 5.74) is 6.94. The molecule has 1 aromatic heterocycles. The molecule has 0 aliphatic heterocycles. The Hall–Kier alpha value is -0.480. The summed E-state index contributed by atoms with van der Waals surface area (Å²) >= 11 is 1.84. The van der Waals surface area contributed by atoms with Crippen LogP contribution in [0.2, 0.25) is 0 Å². The molecule has 0 radical (unpaired) electrons. The minimum absolute atomic E-state index is 0.0619. The van der Waals surface area contributed by atoms with Gasteiger partial charge in [-0.1, -0.05) is 0 Å². The molecule has 1 aromatic rings. The van der Waals surface area contributed by atoms with Crippen molar-refractivity contribution in [1.82, 2.24) is 9.55 Å². The van der Waals surface area contributed by atoms with Crippen molar-refractivity contribution in [2.24, 2.45) is 5.73 Å². The van der Waals surface area contributed by atoms with E-state index < -0.39 is 0 Å². The molecule has 3 nitrogen and oxygen atoms in total. The lowest BCUT2D eigenvalue weighted by molar-refractivity contribution is 0.560. The minimum Gasteiger partial charge on any atom is -0.330 e. The summed E-state index contributed by atoms with van der Waals surface area (Å²) in [6.07, 6.45) is 5.82. The second-order valence-electron chi connectivity index (χ2n) is 3.32. The van der Waals surface area contributed by atoms with Gasteiger partial charge in [0.05, 0.1) is 12.0 Å². The quantitative estimate of drug-likeness (QED) is 0.804. The van der Waals surface area contributed by atoms with Crippen molar-refractivity contribution >= 4 is 11.8 Å². The number of nitrogens with two attached hydrogens (primary N) is 1. The van der Waals surface area contributed by atoms with E-state index in [-0.39, 0.29) is 6.04 Å². The van der Waals surface area contributed by atoms with E-state index >= 15 is 0 Å². The van der Waals surface area contributed by atoms with Crippen molar-refractivity contribution in [3.8, 4) is 0 Å². The molecule has 0 aliphatic carbocycles. The van der Waals surface area contributed by atoms with E-state index in [1.807, 2.05) is 31.2 Å².